The average molecular weight is 525 g/mol. The van der Waals surface area contributed by atoms with Crippen LogP contribution in [0, 0.1) is 5.92 Å². The van der Waals surface area contributed by atoms with Gasteiger partial charge in [0.05, 0.1) is 6.04 Å². The van der Waals surface area contributed by atoms with Gasteiger partial charge >= 0.3 is 0 Å². The van der Waals surface area contributed by atoms with Crippen molar-refractivity contribution in [1.29, 1.82) is 0 Å². The number of rotatable bonds is 5. The van der Waals surface area contributed by atoms with E-state index >= 15 is 0 Å². The Hall–Kier alpha value is -1.35. The molecule has 166 valence electrons. The summed E-state index contributed by atoms with van der Waals surface area (Å²) in [4.78, 5) is 24.0. The number of hydrogen-bond donors (Lipinski definition) is 1. The Bertz CT molecular complexity index is 714. The number of carbonyl (C=O) groups is 1. The van der Waals surface area contributed by atoms with Gasteiger partial charge in [-0.15, -0.1) is 24.0 Å². The molecule has 0 spiro atoms. The molecule has 2 aliphatic heterocycles. The molecule has 3 fully saturated rings. The largest absolute Gasteiger partial charge is 0.353 e. The first kappa shape index (κ1) is 23.3. The van der Waals surface area contributed by atoms with Crippen LogP contribution in [0.25, 0.3) is 0 Å². The van der Waals surface area contributed by atoms with Crippen LogP contribution in [0.5, 0.6) is 0 Å². The van der Waals surface area contributed by atoms with E-state index in [1.807, 2.05) is 11.9 Å². The monoisotopic (exact) mass is 525 g/mol. The molecule has 4 rings (SSSR count). The minimum atomic E-state index is -0.0103. The molecule has 1 N–H and O–H groups in total. The summed E-state index contributed by atoms with van der Waals surface area (Å²) in [5, 5.41) is 3.67. The first-order valence-electron chi connectivity index (χ1n) is 11.2. The van der Waals surface area contributed by atoms with Gasteiger partial charge in [0.25, 0.3) is 0 Å². The van der Waals surface area contributed by atoms with Crippen LogP contribution in [0.15, 0.2) is 35.3 Å². The third-order valence-electron chi connectivity index (χ3n) is 6.73. The summed E-state index contributed by atoms with van der Waals surface area (Å²) in [6, 6.07) is 11.3. The lowest BCUT2D eigenvalue weighted by Gasteiger charge is -2.39. The van der Waals surface area contributed by atoms with Crippen molar-refractivity contribution in [2.75, 3.05) is 46.3 Å². The first-order valence-corrected chi connectivity index (χ1v) is 11.2. The maximum absolute atomic E-state index is 12.7. The Morgan fingerprint density at radius 2 is 1.73 bits per heavy atom. The minimum Gasteiger partial charge on any atom is -0.353 e. The third-order valence-corrected chi connectivity index (χ3v) is 6.73. The molecule has 30 heavy (non-hydrogen) atoms. The lowest BCUT2D eigenvalue weighted by atomic mass is 10.1. The van der Waals surface area contributed by atoms with Gasteiger partial charge in [-0.25, -0.2) is 0 Å². The maximum atomic E-state index is 12.7. The van der Waals surface area contributed by atoms with Crippen LogP contribution >= 0.6 is 24.0 Å². The second-order valence-electron chi connectivity index (χ2n) is 8.71. The molecule has 2 saturated heterocycles. The molecule has 0 radical (unpaired) electrons. The highest BCUT2D eigenvalue weighted by molar-refractivity contribution is 14.0. The van der Waals surface area contributed by atoms with Crippen LogP contribution in [0.1, 0.15) is 31.7 Å². The van der Waals surface area contributed by atoms with E-state index in [1.165, 1.54) is 12.0 Å². The molecule has 3 atom stereocenters. The number of hydrogen-bond acceptors (Lipinski definition) is 3. The van der Waals surface area contributed by atoms with Gasteiger partial charge in [-0.2, -0.15) is 0 Å². The fraction of sp³-hybridized carbons (Fsp3) is 0.652. The van der Waals surface area contributed by atoms with Crippen molar-refractivity contribution in [3.8, 4) is 0 Å². The van der Waals surface area contributed by atoms with Crippen LogP contribution in [0.3, 0.4) is 0 Å². The van der Waals surface area contributed by atoms with E-state index in [0.717, 1.165) is 64.5 Å². The molecule has 0 aromatic heterocycles. The van der Waals surface area contributed by atoms with E-state index in [9.17, 15) is 4.79 Å². The first-order chi connectivity index (χ1) is 14.2. The Morgan fingerprint density at radius 1 is 1.07 bits per heavy atom. The Kier molecular flexibility index (Phi) is 8.39. The van der Waals surface area contributed by atoms with Crippen molar-refractivity contribution >= 4 is 35.8 Å². The van der Waals surface area contributed by atoms with Crippen molar-refractivity contribution in [1.82, 2.24) is 20.0 Å². The van der Waals surface area contributed by atoms with Gasteiger partial charge in [-0.3, -0.25) is 14.7 Å². The molecule has 3 unspecified atom stereocenters. The lowest BCUT2D eigenvalue weighted by molar-refractivity contribution is -0.135. The number of likely N-dealkylation sites (tertiary alicyclic amines) is 1. The number of halogens is 1. The molecule has 2 heterocycles. The van der Waals surface area contributed by atoms with Crippen LogP contribution in [0.2, 0.25) is 0 Å². The van der Waals surface area contributed by atoms with Crippen molar-refractivity contribution < 1.29 is 4.79 Å². The van der Waals surface area contributed by atoms with Crippen molar-refractivity contribution in [2.24, 2.45) is 10.9 Å². The Labute approximate surface area is 198 Å². The van der Waals surface area contributed by atoms with Crippen LogP contribution in [0.4, 0.5) is 0 Å². The van der Waals surface area contributed by atoms with Gasteiger partial charge in [-0.1, -0.05) is 30.3 Å². The normalized spacial score (nSPS) is 25.6. The molecular weight excluding hydrogens is 489 g/mol. The Balaban J connectivity index is 0.00000256. The molecule has 7 heteroatoms. The van der Waals surface area contributed by atoms with E-state index in [1.54, 1.807) is 0 Å². The third kappa shape index (κ3) is 5.66. The highest BCUT2D eigenvalue weighted by Crippen LogP contribution is 2.34. The number of nitrogens with zero attached hydrogens (tertiary/aromatic N) is 4. The number of carbonyl (C=O) groups excluding carboxylic acids is 1. The molecule has 0 bridgehead atoms. The van der Waals surface area contributed by atoms with Gasteiger partial charge in [0.1, 0.15) is 0 Å². The fourth-order valence-corrected chi connectivity index (χ4v) is 4.71. The second kappa shape index (κ2) is 10.8. The zero-order chi connectivity index (χ0) is 20.2. The summed E-state index contributed by atoms with van der Waals surface area (Å²) in [7, 11) is 1.88. The molecule has 3 aliphatic rings. The van der Waals surface area contributed by atoms with Crippen LogP contribution < -0.4 is 5.32 Å². The summed E-state index contributed by atoms with van der Waals surface area (Å²) in [5.74, 6) is 2.03. The number of nitrogens with one attached hydrogen (secondary N) is 1. The minimum absolute atomic E-state index is 0. The van der Waals surface area contributed by atoms with Crippen molar-refractivity contribution in [2.45, 2.75) is 44.7 Å². The van der Waals surface area contributed by atoms with Gasteiger partial charge in [0.2, 0.25) is 5.91 Å². The van der Waals surface area contributed by atoms with Gasteiger partial charge in [0.15, 0.2) is 5.96 Å². The molecule has 1 amide bonds. The zero-order valence-corrected chi connectivity index (χ0v) is 20.6. The smallest absolute Gasteiger partial charge is 0.239 e. The van der Waals surface area contributed by atoms with Crippen LogP contribution in [-0.2, 0) is 11.2 Å². The summed E-state index contributed by atoms with van der Waals surface area (Å²) >= 11 is 0. The molecule has 1 aromatic carbocycles. The summed E-state index contributed by atoms with van der Waals surface area (Å²) in [5.41, 5.74) is 1.42. The van der Waals surface area contributed by atoms with E-state index < -0.39 is 0 Å². The number of piperazine rings is 1. The predicted molar refractivity (Wildman–Crippen MR) is 132 cm³/mol. The van der Waals surface area contributed by atoms with E-state index in [2.05, 4.69) is 57.4 Å². The highest BCUT2D eigenvalue weighted by atomic mass is 127. The topological polar surface area (TPSA) is 51.2 Å². The SMILES string of the molecule is CN=C(NC1CC1Cc1ccccc1)N1CCN(C(C)C(=O)N2CCCC2)CC1.I. The lowest BCUT2D eigenvalue weighted by Crippen LogP contribution is -2.57. The molecule has 6 nitrogen and oxygen atoms in total. The van der Waals surface area contributed by atoms with E-state index in [-0.39, 0.29) is 30.0 Å². The molecule has 1 aliphatic carbocycles. The van der Waals surface area contributed by atoms with Gasteiger partial charge in [-0.05, 0) is 44.1 Å². The second-order valence-corrected chi connectivity index (χ2v) is 8.71. The van der Waals surface area contributed by atoms with E-state index in [0.29, 0.717) is 17.9 Å². The number of benzene rings is 1. The Morgan fingerprint density at radius 3 is 2.37 bits per heavy atom. The van der Waals surface area contributed by atoms with Gasteiger partial charge in [0, 0.05) is 52.4 Å². The molecule has 1 saturated carbocycles. The molecule has 1 aromatic rings. The van der Waals surface area contributed by atoms with Crippen LogP contribution in [-0.4, -0.2) is 85.0 Å². The fourth-order valence-electron chi connectivity index (χ4n) is 4.71. The number of aliphatic imine (C=N–C) groups is 1. The summed E-state index contributed by atoms with van der Waals surface area (Å²) < 4.78 is 0. The van der Waals surface area contributed by atoms with E-state index in [4.69, 9.17) is 0 Å². The summed E-state index contributed by atoms with van der Waals surface area (Å²) in [6.07, 6.45) is 4.66. The molecular formula is C23H36IN5O. The number of amides is 1. The standard InChI is InChI=1S/C23H35N5O.HI/c1-18(22(29)27-10-6-7-11-27)26-12-14-28(15-13-26)23(24-2)25-21-17-20(21)16-19-8-4-3-5-9-19;/h3-5,8-9,18,20-21H,6-7,10-17H2,1-2H3,(H,24,25);1H. The van der Waals surface area contributed by atoms with Crippen molar-refractivity contribution in [3.63, 3.8) is 0 Å². The zero-order valence-electron chi connectivity index (χ0n) is 18.3. The number of guanidine groups is 1. The maximum Gasteiger partial charge on any atom is 0.239 e. The summed E-state index contributed by atoms with van der Waals surface area (Å²) in [6.45, 7) is 7.62. The average Bonchev–Trinajstić information content (AvgIpc) is 3.25. The quantitative estimate of drug-likeness (QED) is 0.365. The van der Waals surface area contributed by atoms with Gasteiger partial charge < -0.3 is 15.1 Å². The highest BCUT2D eigenvalue weighted by Gasteiger charge is 2.38. The van der Waals surface area contributed by atoms with Crippen molar-refractivity contribution in [3.05, 3.63) is 35.9 Å². The predicted octanol–water partition coefficient (Wildman–Crippen LogP) is 2.44.